The first-order valence-electron chi connectivity index (χ1n) is 5.50. The first kappa shape index (κ1) is 2.89. The molecule has 0 aliphatic heterocycles. The Morgan fingerprint density at radius 1 is 1.91 bits per heavy atom. The number of rotatable bonds is 1. The van der Waals surface area contributed by atoms with E-state index in [4.69, 9.17) is 8.22 Å². The zero-order valence-corrected chi connectivity index (χ0v) is 5.14. The van der Waals surface area contributed by atoms with Crippen molar-refractivity contribution in [3.8, 4) is 0 Å². The smallest absolute Gasteiger partial charge is 0.356 e. The van der Waals surface area contributed by atoms with Crippen LogP contribution in [0.25, 0.3) is 0 Å². The second-order valence-electron chi connectivity index (χ2n) is 1.53. The minimum atomic E-state index is -3.04. The highest BCUT2D eigenvalue weighted by Gasteiger charge is 2.04. The number of hydrogen-bond donors (Lipinski definition) is 0. The Bertz CT molecular complexity index is 474. The Kier molecular flexibility index (Phi) is 0.812. The lowest BCUT2D eigenvalue weighted by Crippen LogP contribution is -2.03. The van der Waals surface area contributed by atoms with E-state index in [1.807, 2.05) is 0 Å². The molecule has 0 aliphatic rings. The van der Waals surface area contributed by atoms with E-state index in [2.05, 4.69) is 9.72 Å². The summed E-state index contributed by atoms with van der Waals surface area (Å²) in [5.74, 6) is -2.86. The molecule has 0 aromatic carbocycles. The predicted octanol–water partition coefficient (Wildman–Crippen LogP) is 1.01. The third-order valence-electron chi connectivity index (χ3n) is 0.843. The number of carbonyl (C=O) groups is 1. The van der Waals surface area contributed by atoms with Crippen molar-refractivity contribution in [1.29, 1.82) is 0 Å². The number of halogens is 1. The van der Waals surface area contributed by atoms with Gasteiger partial charge < -0.3 is 4.74 Å². The third-order valence-corrected chi connectivity index (χ3v) is 0.843. The van der Waals surface area contributed by atoms with Crippen LogP contribution in [0.15, 0.2) is 18.3 Å². The molecule has 1 heterocycles. The standard InChI is InChI=1S/C7H6FNO2/c1-11-7(10)6-3-2-5(8)4-9-6/h2-4H,1H3/i1D3,2D,3D,4D. The van der Waals surface area contributed by atoms with Gasteiger partial charge in [-0.15, -0.1) is 0 Å². The van der Waals surface area contributed by atoms with Crippen molar-refractivity contribution in [2.45, 2.75) is 0 Å². The van der Waals surface area contributed by atoms with Crippen molar-refractivity contribution >= 4 is 5.97 Å². The fourth-order valence-electron chi connectivity index (χ4n) is 0.420. The molecule has 11 heavy (non-hydrogen) atoms. The molecule has 0 amide bonds. The average Bonchev–Trinajstić information content (AvgIpc) is 2.17. The van der Waals surface area contributed by atoms with Crippen LogP contribution in [0.2, 0.25) is 0 Å². The van der Waals surface area contributed by atoms with Gasteiger partial charge in [0.25, 0.3) is 0 Å². The van der Waals surface area contributed by atoms with Crippen LogP contribution in [0.1, 0.15) is 18.7 Å². The first-order valence-corrected chi connectivity index (χ1v) is 2.50. The SMILES string of the molecule is [2H]c1nc(C(=O)OC([2H])([2H])[2H])c([2H])c([2H])c1F. The summed E-state index contributed by atoms with van der Waals surface area (Å²) in [7, 11) is -3.04. The van der Waals surface area contributed by atoms with Gasteiger partial charge in [-0.05, 0) is 12.1 Å². The summed E-state index contributed by atoms with van der Waals surface area (Å²) in [6.45, 7) is 0. The largest absolute Gasteiger partial charge is 0.464 e. The lowest BCUT2D eigenvalue weighted by Gasteiger charge is -1.95. The number of ether oxygens (including phenoxy) is 1. The molecule has 0 fully saturated rings. The van der Waals surface area contributed by atoms with E-state index in [0.29, 0.717) is 0 Å². The second-order valence-corrected chi connectivity index (χ2v) is 1.53. The zero-order chi connectivity index (χ0) is 13.4. The molecular weight excluding hydrogens is 149 g/mol. The van der Waals surface area contributed by atoms with Crippen molar-refractivity contribution in [3.63, 3.8) is 0 Å². The molecule has 0 N–H and O–H groups in total. The number of esters is 1. The minimum absolute atomic E-state index is 0.877. The van der Waals surface area contributed by atoms with Crippen LogP contribution in [0, 0.1) is 5.82 Å². The maximum atomic E-state index is 13.0. The molecule has 0 saturated heterocycles. The highest BCUT2D eigenvalue weighted by Crippen LogP contribution is 1.98. The van der Waals surface area contributed by atoms with E-state index in [9.17, 15) is 9.18 Å². The molecule has 0 spiro atoms. The number of aromatic nitrogens is 1. The Morgan fingerprint density at radius 2 is 2.73 bits per heavy atom. The first-order chi connectivity index (χ1) is 7.63. The highest BCUT2D eigenvalue weighted by atomic mass is 19.1. The van der Waals surface area contributed by atoms with E-state index in [1.165, 1.54) is 0 Å². The molecule has 0 saturated carbocycles. The van der Waals surface area contributed by atoms with Gasteiger partial charge in [0.1, 0.15) is 11.5 Å². The molecule has 0 bridgehead atoms. The van der Waals surface area contributed by atoms with Crippen LogP contribution in [0.4, 0.5) is 4.39 Å². The van der Waals surface area contributed by atoms with E-state index in [0.717, 1.165) is 0 Å². The van der Waals surface area contributed by atoms with Crippen molar-refractivity contribution in [2.24, 2.45) is 0 Å². The zero-order valence-electron chi connectivity index (χ0n) is 11.1. The number of nitrogens with zero attached hydrogens (tertiary/aromatic N) is 1. The van der Waals surface area contributed by atoms with Gasteiger partial charge in [-0.25, -0.2) is 14.2 Å². The fourth-order valence-corrected chi connectivity index (χ4v) is 0.420. The summed E-state index contributed by atoms with van der Waals surface area (Å²) in [6, 6.07) is -1.93. The van der Waals surface area contributed by atoms with Crippen molar-refractivity contribution in [1.82, 2.24) is 4.98 Å². The minimum Gasteiger partial charge on any atom is -0.464 e. The van der Waals surface area contributed by atoms with E-state index in [-0.39, 0.29) is 0 Å². The Labute approximate surface area is 71.3 Å². The predicted molar refractivity (Wildman–Crippen MR) is 35.5 cm³/mol. The third kappa shape index (κ3) is 1.73. The topological polar surface area (TPSA) is 39.2 Å². The maximum Gasteiger partial charge on any atom is 0.356 e. The molecule has 3 nitrogen and oxygen atoms in total. The molecule has 1 rings (SSSR count). The Hall–Kier alpha value is -1.45. The molecular formula is C7H6FNO2. The van der Waals surface area contributed by atoms with Gasteiger partial charge in [0.2, 0.25) is 0 Å². The van der Waals surface area contributed by atoms with Crippen LogP contribution in [0.5, 0.6) is 0 Å². The second kappa shape index (κ2) is 3.09. The van der Waals surface area contributed by atoms with Crippen LogP contribution in [0.3, 0.4) is 0 Å². The lowest BCUT2D eigenvalue weighted by molar-refractivity contribution is 0.0594. The van der Waals surface area contributed by atoms with Crippen molar-refractivity contribution < 1.29 is 22.1 Å². The summed E-state index contributed by atoms with van der Waals surface area (Å²) in [5, 5.41) is 0. The van der Waals surface area contributed by atoms with Crippen LogP contribution in [-0.2, 0) is 4.74 Å². The Balaban J connectivity index is 3.20. The number of hydrogen-bond acceptors (Lipinski definition) is 3. The van der Waals surface area contributed by atoms with Crippen molar-refractivity contribution in [3.05, 3.63) is 29.8 Å². The molecule has 0 aliphatic carbocycles. The highest BCUT2D eigenvalue weighted by molar-refractivity contribution is 5.86. The lowest BCUT2D eigenvalue weighted by atomic mass is 10.3. The van der Waals surface area contributed by atoms with Gasteiger partial charge in [-0.1, -0.05) is 0 Å². The van der Waals surface area contributed by atoms with Crippen LogP contribution >= 0.6 is 0 Å². The fraction of sp³-hybridized carbons (Fsp3) is 0.143. The summed E-state index contributed by atoms with van der Waals surface area (Å²) in [4.78, 5) is 14.3. The molecule has 1 aromatic heterocycles. The van der Waals surface area contributed by atoms with Gasteiger partial charge in [-0.2, -0.15) is 0 Å². The molecule has 58 valence electrons. The van der Waals surface area contributed by atoms with Crippen LogP contribution < -0.4 is 0 Å². The number of carbonyl (C=O) groups excluding carboxylic acids is 1. The number of methoxy groups -OCH3 is 1. The molecule has 0 unspecified atom stereocenters. The van der Waals surface area contributed by atoms with Gasteiger partial charge in [-0.3, -0.25) is 0 Å². The van der Waals surface area contributed by atoms with E-state index < -0.39 is 42.8 Å². The number of pyridine rings is 1. The normalized spacial score (nSPS) is 18.3. The summed E-state index contributed by atoms with van der Waals surface area (Å²) in [6.07, 6.45) is -1.02. The van der Waals surface area contributed by atoms with Gasteiger partial charge in [0.05, 0.1) is 21.4 Å². The molecule has 0 radical (unpaired) electrons. The van der Waals surface area contributed by atoms with E-state index >= 15 is 0 Å². The van der Waals surface area contributed by atoms with Crippen molar-refractivity contribution in [2.75, 3.05) is 7.04 Å². The Morgan fingerprint density at radius 3 is 3.45 bits per heavy atom. The van der Waals surface area contributed by atoms with Gasteiger partial charge >= 0.3 is 5.97 Å². The molecule has 4 heteroatoms. The monoisotopic (exact) mass is 161 g/mol. The average molecular weight is 161 g/mol. The molecule has 0 atom stereocenters. The summed E-state index contributed by atoms with van der Waals surface area (Å²) in [5.41, 5.74) is -0.877. The van der Waals surface area contributed by atoms with Gasteiger partial charge in [0.15, 0.2) is 0 Å². The van der Waals surface area contributed by atoms with Gasteiger partial charge in [0, 0.05) is 0 Å². The quantitative estimate of drug-likeness (QED) is 0.577. The summed E-state index contributed by atoms with van der Waals surface area (Å²) >= 11 is 0. The summed E-state index contributed by atoms with van der Waals surface area (Å²) < 4.78 is 58.2. The van der Waals surface area contributed by atoms with E-state index in [1.54, 1.807) is 0 Å². The molecule has 1 aromatic rings. The van der Waals surface area contributed by atoms with Crippen LogP contribution in [-0.4, -0.2) is 18.0 Å². The maximum absolute atomic E-state index is 13.0.